The van der Waals surface area contributed by atoms with Gasteiger partial charge in [0, 0.05) is 48.8 Å². The van der Waals surface area contributed by atoms with Gasteiger partial charge in [-0.15, -0.1) is 11.3 Å². The van der Waals surface area contributed by atoms with Gasteiger partial charge in [-0.25, -0.2) is 0 Å². The Kier molecular flexibility index (Phi) is 6.03. The Morgan fingerprint density at radius 1 is 0.444 bits per heavy atom. The van der Waals surface area contributed by atoms with Gasteiger partial charge in [0.15, 0.2) is 0 Å². The van der Waals surface area contributed by atoms with Gasteiger partial charge in [0.25, 0.3) is 0 Å². The van der Waals surface area contributed by atoms with E-state index < -0.39 is 0 Å². The smallest absolute Gasteiger partial charge is 0.0540 e. The van der Waals surface area contributed by atoms with Crippen LogP contribution in [0.3, 0.4) is 0 Å². The maximum absolute atomic E-state index is 2.40. The third kappa shape index (κ3) is 4.40. The molecule has 3 heteroatoms. The number of benzene rings is 7. The van der Waals surface area contributed by atoms with Crippen LogP contribution in [-0.2, 0) is 0 Å². The van der Waals surface area contributed by atoms with Crippen molar-refractivity contribution < 1.29 is 0 Å². The fraction of sp³-hybridized carbons (Fsp3) is 0. The number of thiophene rings is 1. The van der Waals surface area contributed by atoms with E-state index in [1.54, 1.807) is 0 Å². The van der Waals surface area contributed by atoms with Gasteiger partial charge in [0.1, 0.15) is 0 Å². The number of rotatable bonds is 5. The molecule has 7 aromatic carbocycles. The number of nitrogens with zero attached hydrogens (tertiary/aromatic N) is 2. The highest BCUT2D eigenvalue weighted by Gasteiger charge is 2.17. The molecule has 0 unspecified atom stereocenters. The second-order valence-electron chi connectivity index (χ2n) is 11.5. The minimum atomic E-state index is 1.13. The van der Waals surface area contributed by atoms with Crippen LogP contribution in [0.5, 0.6) is 0 Å². The molecule has 9 rings (SSSR count). The second-order valence-corrected chi connectivity index (χ2v) is 12.5. The zero-order valence-corrected chi connectivity index (χ0v) is 25.3. The van der Waals surface area contributed by atoms with Crippen LogP contribution in [0.25, 0.3) is 58.7 Å². The van der Waals surface area contributed by atoms with Gasteiger partial charge in [0.05, 0.1) is 11.2 Å². The lowest BCUT2D eigenvalue weighted by Gasteiger charge is -2.27. The molecule has 0 fully saturated rings. The zero-order valence-electron chi connectivity index (χ0n) is 24.5. The molecule has 0 aliphatic rings. The first-order valence-corrected chi connectivity index (χ1v) is 16.1. The van der Waals surface area contributed by atoms with E-state index in [1.165, 1.54) is 58.7 Å². The fourth-order valence-corrected chi connectivity index (χ4v) is 7.70. The summed E-state index contributed by atoms with van der Waals surface area (Å²) in [7, 11) is 0. The second kappa shape index (κ2) is 10.5. The molecular weight excluding hydrogens is 565 g/mol. The summed E-state index contributed by atoms with van der Waals surface area (Å²) < 4.78 is 4.88. The highest BCUT2D eigenvalue weighted by atomic mass is 32.1. The van der Waals surface area contributed by atoms with Crippen molar-refractivity contribution in [3.63, 3.8) is 0 Å². The highest BCUT2D eigenvalue weighted by Crippen LogP contribution is 2.43. The molecule has 0 radical (unpaired) electrons. The zero-order chi connectivity index (χ0) is 29.7. The lowest BCUT2D eigenvalue weighted by Crippen LogP contribution is -2.10. The maximum Gasteiger partial charge on any atom is 0.0540 e. The number of anilines is 3. The summed E-state index contributed by atoms with van der Waals surface area (Å²) in [4.78, 5) is 2.40. The summed E-state index contributed by atoms with van der Waals surface area (Å²) in [5, 5.41) is 6.32. The van der Waals surface area contributed by atoms with Crippen molar-refractivity contribution in [2.75, 3.05) is 4.90 Å². The summed E-state index contributed by atoms with van der Waals surface area (Å²) in [6.07, 6.45) is 2.15. The molecule has 0 saturated heterocycles. The number of hydrogen-bond acceptors (Lipinski definition) is 2. The molecular formula is C42H28N2S. The Hall–Kier alpha value is -5.64. The number of aromatic nitrogens is 1. The molecule has 45 heavy (non-hydrogen) atoms. The molecule has 2 heterocycles. The number of para-hydroxylation sites is 1. The fourth-order valence-electron chi connectivity index (χ4n) is 6.61. The Bertz CT molecular complexity index is 2480. The van der Waals surface area contributed by atoms with Gasteiger partial charge in [-0.05, 0) is 88.6 Å². The Morgan fingerprint density at radius 2 is 1.09 bits per heavy atom. The average Bonchev–Trinajstić information content (AvgIpc) is 3.71. The summed E-state index contributed by atoms with van der Waals surface area (Å²) in [5.41, 5.74) is 8.22. The predicted octanol–water partition coefficient (Wildman–Crippen LogP) is 12.3. The standard InChI is InChI=1S/C42H28N2S/c1-3-11-36-31(8-1)10-7-14-40(36)44(35-24-25-42-38(28-35)37-12-4-6-15-41(37)45-42)34-22-18-30(19-23-34)29-16-20-33(21-17-29)43-27-26-32-9-2-5-13-39(32)43/h1-28H. The van der Waals surface area contributed by atoms with Gasteiger partial charge in [-0.1, -0.05) is 97.1 Å². The first kappa shape index (κ1) is 25.8. The van der Waals surface area contributed by atoms with Crippen LogP contribution >= 0.6 is 11.3 Å². The van der Waals surface area contributed by atoms with Crippen LogP contribution < -0.4 is 4.90 Å². The molecule has 2 nitrogen and oxygen atoms in total. The van der Waals surface area contributed by atoms with Crippen molar-refractivity contribution in [3.05, 3.63) is 170 Å². The number of fused-ring (bicyclic) bond motifs is 5. The summed E-state index contributed by atoms with van der Waals surface area (Å²) in [5.74, 6) is 0. The minimum absolute atomic E-state index is 1.13. The lowest BCUT2D eigenvalue weighted by molar-refractivity contribution is 1.13. The van der Waals surface area contributed by atoms with E-state index in [4.69, 9.17) is 0 Å². The number of hydrogen-bond donors (Lipinski definition) is 0. The van der Waals surface area contributed by atoms with Crippen molar-refractivity contribution in [1.82, 2.24) is 4.57 Å². The van der Waals surface area contributed by atoms with Crippen LogP contribution in [0, 0.1) is 0 Å². The van der Waals surface area contributed by atoms with E-state index in [0.29, 0.717) is 0 Å². The monoisotopic (exact) mass is 592 g/mol. The SMILES string of the molecule is c1ccc2c(N(c3ccc(-c4ccc(-n5ccc6ccccc65)cc4)cc3)c3ccc4sc5ccccc5c4c3)cccc2c1. The molecule has 0 amide bonds. The average molecular weight is 593 g/mol. The Balaban J connectivity index is 1.13. The summed E-state index contributed by atoms with van der Waals surface area (Å²) in [6, 6.07) is 59.3. The quantitative estimate of drug-likeness (QED) is 0.193. The third-order valence-electron chi connectivity index (χ3n) is 8.83. The molecule has 0 aliphatic carbocycles. The van der Waals surface area contributed by atoms with E-state index in [1.807, 2.05) is 11.3 Å². The van der Waals surface area contributed by atoms with Crippen molar-refractivity contribution in [2.24, 2.45) is 0 Å². The molecule has 0 saturated carbocycles. The molecule has 2 aromatic heterocycles. The minimum Gasteiger partial charge on any atom is -0.317 e. The largest absolute Gasteiger partial charge is 0.317 e. The molecule has 9 aromatic rings. The van der Waals surface area contributed by atoms with Gasteiger partial charge < -0.3 is 9.47 Å². The third-order valence-corrected chi connectivity index (χ3v) is 9.98. The van der Waals surface area contributed by atoms with Crippen LogP contribution in [0.1, 0.15) is 0 Å². The van der Waals surface area contributed by atoms with E-state index in [2.05, 4.69) is 179 Å². The molecule has 0 N–H and O–H groups in total. The van der Waals surface area contributed by atoms with Crippen LogP contribution in [0.4, 0.5) is 17.1 Å². The van der Waals surface area contributed by atoms with E-state index in [9.17, 15) is 0 Å². The van der Waals surface area contributed by atoms with E-state index >= 15 is 0 Å². The molecule has 0 aliphatic heterocycles. The molecule has 0 atom stereocenters. The molecule has 0 bridgehead atoms. The van der Waals surface area contributed by atoms with Gasteiger partial charge in [-0.2, -0.15) is 0 Å². The maximum atomic E-state index is 2.40. The van der Waals surface area contributed by atoms with Crippen molar-refractivity contribution in [2.45, 2.75) is 0 Å². The Labute approximate surface area is 265 Å². The Morgan fingerprint density at radius 3 is 1.93 bits per heavy atom. The highest BCUT2D eigenvalue weighted by molar-refractivity contribution is 7.25. The normalized spacial score (nSPS) is 11.6. The van der Waals surface area contributed by atoms with Crippen LogP contribution in [0.15, 0.2) is 170 Å². The molecule has 212 valence electrons. The van der Waals surface area contributed by atoms with Crippen molar-refractivity contribution in [1.29, 1.82) is 0 Å². The van der Waals surface area contributed by atoms with Crippen LogP contribution in [0.2, 0.25) is 0 Å². The van der Waals surface area contributed by atoms with E-state index in [-0.39, 0.29) is 0 Å². The lowest BCUT2D eigenvalue weighted by atomic mass is 10.0. The predicted molar refractivity (Wildman–Crippen MR) is 194 cm³/mol. The first-order chi connectivity index (χ1) is 22.3. The topological polar surface area (TPSA) is 8.17 Å². The van der Waals surface area contributed by atoms with Gasteiger partial charge in [-0.3, -0.25) is 0 Å². The summed E-state index contributed by atoms with van der Waals surface area (Å²) in [6.45, 7) is 0. The van der Waals surface area contributed by atoms with E-state index in [0.717, 1.165) is 17.1 Å². The van der Waals surface area contributed by atoms with Gasteiger partial charge >= 0.3 is 0 Å². The summed E-state index contributed by atoms with van der Waals surface area (Å²) >= 11 is 1.86. The van der Waals surface area contributed by atoms with Crippen molar-refractivity contribution >= 4 is 70.2 Å². The van der Waals surface area contributed by atoms with Crippen molar-refractivity contribution in [3.8, 4) is 16.8 Å². The van der Waals surface area contributed by atoms with Gasteiger partial charge in [0.2, 0.25) is 0 Å². The van der Waals surface area contributed by atoms with Crippen LogP contribution in [-0.4, -0.2) is 4.57 Å². The molecule has 0 spiro atoms. The first-order valence-electron chi connectivity index (χ1n) is 15.3.